The van der Waals surface area contributed by atoms with Crippen molar-refractivity contribution in [2.75, 3.05) is 14.2 Å². The van der Waals surface area contributed by atoms with Gasteiger partial charge in [-0.05, 0) is 19.4 Å². The minimum Gasteiger partial charge on any atom is -0.481 e. The molecule has 0 saturated heterocycles. The largest absolute Gasteiger partial charge is 0.481 e. The van der Waals surface area contributed by atoms with Crippen LogP contribution in [0.15, 0.2) is 0 Å². The first-order valence-electron chi connectivity index (χ1n) is 5.36. The van der Waals surface area contributed by atoms with Crippen molar-refractivity contribution in [2.24, 2.45) is 5.41 Å². The molecule has 0 radical (unpaired) electrons. The zero-order valence-electron chi connectivity index (χ0n) is 10.4. The van der Waals surface area contributed by atoms with Crippen LogP contribution >= 0.6 is 0 Å². The molecule has 0 aliphatic carbocycles. The highest BCUT2D eigenvalue weighted by atomic mass is 28.3. The summed E-state index contributed by atoms with van der Waals surface area (Å²) in [7, 11) is 1.44. The number of hydrogen-bond donors (Lipinski definition) is 2. The molecule has 0 saturated carbocycles. The van der Waals surface area contributed by atoms with E-state index in [9.17, 15) is 9.59 Å². The smallest absolute Gasteiger partial charge is 0.320 e. The Balaban J connectivity index is 4.27. The normalized spacial score (nSPS) is 14.6. The Morgan fingerprint density at radius 2 is 1.76 bits per heavy atom. The van der Waals surface area contributed by atoms with Gasteiger partial charge in [0.1, 0.15) is 0 Å². The topological polar surface area (TPSA) is 93.1 Å². The highest BCUT2D eigenvalue weighted by molar-refractivity contribution is 6.44. The van der Waals surface area contributed by atoms with Crippen LogP contribution in [0.25, 0.3) is 0 Å². The number of hydrogen-bond acceptors (Lipinski definition) is 4. The Labute approximate surface area is 102 Å². The monoisotopic (exact) mass is 264 g/mol. The molecule has 1 atom stereocenters. The van der Waals surface area contributed by atoms with Gasteiger partial charge >= 0.3 is 21.2 Å². The maximum absolute atomic E-state index is 11.1. The summed E-state index contributed by atoms with van der Waals surface area (Å²) in [6.07, 6.45) is 0.536. The third-order valence-electron chi connectivity index (χ3n) is 2.75. The van der Waals surface area contributed by atoms with Crippen molar-refractivity contribution in [1.29, 1.82) is 0 Å². The SMILES string of the molecule is CO[SiH](CCCC(C)(CC(=O)O)C(=O)O)OC. The van der Waals surface area contributed by atoms with Crippen molar-refractivity contribution in [3.8, 4) is 0 Å². The summed E-state index contributed by atoms with van der Waals surface area (Å²) in [4.78, 5) is 21.7. The zero-order valence-corrected chi connectivity index (χ0v) is 11.6. The molecule has 0 aliphatic heterocycles. The van der Waals surface area contributed by atoms with E-state index in [-0.39, 0.29) is 6.42 Å². The minimum absolute atomic E-state index is 0.310. The summed E-state index contributed by atoms with van der Waals surface area (Å²) in [5.74, 6) is -2.17. The lowest BCUT2D eigenvalue weighted by molar-refractivity contribution is -0.155. The van der Waals surface area contributed by atoms with E-state index in [0.717, 1.165) is 0 Å². The second kappa shape index (κ2) is 7.41. The molecule has 0 aromatic rings. The molecule has 17 heavy (non-hydrogen) atoms. The van der Waals surface area contributed by atoms with Gasteiger partial charge in [-0.1, -0.05) is 6.42 Å². The van der Waals surface area contributed by atoms with Crippen LogP contribution in [0.1, 0.15) is 26.2 Å². The Morgan fingerprint density at radius 3 is 2.12 bits per heavy atom. The Kier molecular flexibility index (Phi) is 7.01. The number of aliphatic carboxylic acids is 2. The van der Waals surface area contributed by atoms with Crippen LogP contribution in [0.5, 0.6) is 0 Å². The van der Waals surface area contributed by atoms with Crippen molar-refractivity contribution in [3.05, 3.63) is 0 Å². The van der Waals surface area contributed by atoms with Crippen LogP contribution < -0.4 is 0 Å². The Hall–Kier alpha value is -0.923. The summed E-state index contributed by atoms with van der Waals surface area (Å²) in [6.45, 7) is 1.46. The van der Waals surface area contributed by atoms with E-state index in [1.165, 1.54) is 6.92 Å². The van der Waals surface area contributed by atoms with Gasteiger partial charge in [-0.3, -0.25) is 9.59 Å². The maximum Gasteiger partial charge on any atom is 0.320 e. The van der Waals surface area contributed by atoms with Gasteiger partial charge in [-0.2, -0.15) is 0 Å². The molecule has 0 aliphatic rings. The lowest BCUT2D eigenvalue weighted by atomic mass is 9.82. The van der Waals surface area contributed by atoms with E-state index >= 15 is 0 Å². The predicted molar refractivity (Wildman–Crippen MR) is 63.2 cm³/mol. The van der Waals surface area contributed by atoms with Crippen LogP contribution in [-0.2, 0) is 18.4 Å². The van der Waals surface area contributed by atoms with Gasteiger partial charge in [0.2, 0.25) is 0 Å². The van der Waals surface area contributed by atoms with Gasteiger partial charge < -0.3 is 19.1 Å². The molecule has 0 bridgehead atoms. The minimum atomic E-state index is -1.69. The third-order valence-corrected chi connectivity index (χ3v) is 4.68. The molecule has 0 spiro atoms. The average Bonchev–Trinajstić information content (AvgIpc) is 2.23. The van der Waals surface area contributed by atoms with Gasteiger partial charge in [-0.15, -0.1) is 0 Å². The van der Waals surface area contributed by atoms with Crippen LogP contribution in [0.4, 0.5) is 0 Å². The molecule has 2 N–H and O–H groups in total. The molecule has 100 valence electrons. The molecule has 7 heteroatoms. The summed E-state index contributed by atoms with van der Waals surface area (Å²) in [6, 6.07) is 0.676. The Morgan fingerprint density at radius 1 is 1.24 bits per heavy atom. The fourth-order valence-electron chi connectivity index (χ4n) is 1.60. The second-order valence-corrected chi connectivity index (χ2v) is 6.61. The van der Waals surface area contributed by atoms with E-state index in [0.29, 0.717) is 18.9 Å². The summed E-state index contributed by atoms with van der Waals surface area (Å²) in [5.41, 5.74) is -1.22. The van der Waals surface area contributed by atoms with Crippen molar-refractivity contribution in [2.45, 2.75) is 32.2 Å². The first-order valence-corrected chi connectivity index (χ1v) is 7.12. The molecule has 1 unspecified atom stereocenters. The van der Waals surface area contributed by atoms with E-state index in [1.54, 1.807) is 14.2 Å². The van der Waals surface area contributed by atoms with Crippen molar-refractivity contribution in [1.82, 2.24) is 0 Å². The Bertz CT molecular complexity index is 266. The average molecular weight is 264 g/mol. The van der Waals surface area contributed by atoms with Gasteiger partial charge in [0.15, 0.2) is 0 Å². The summed E-state index contributed by atoms with van der Waals surface area (Å²) in [5, 5.41) is 17.7. The molecule has 0 fully saturated rings. The van der Waals surface area contributed by atoms with E-state index in [1.807, 2.05) is 0 Å². The standard InChI is InChI=1S/C10H20O6Si/c1-10(9(13)14,7-8(11)12)5-4-6-17(15-2)16-3/h17H,4-7H2,1-3H3,(H,11,12)(H,13,14). The maximum atomic E-state index is 11.1. The summed E-state index contributed by atoms with van der Waals surface area (Å²) >= 11 is 0. The molecular weight excluding hydrogens is 244 g/mol. The summed E-state index contributed by atoms with van der Waals surface area (Å²) < 4.78 is 10.2. The molecule has 0 heterocycles. The van der Waals surface area contributed by atoms with E-state index in [2.05, 4.69) is 0 Å². The van der Waals surface area contributed by atoms with Gasteiger partial charge in [-0.25, -0.2) is 0 Å². The molecule has 0 aromatic carbocycles. The first kappa shape index (κ1) is 16.1. The number of carboxylic acids is 2. The zero-order chi connectivity index (χ0) is 13.5. The van der Waals surface area contributed by atoms with Crippen LogP contribution in [0.3, 0.4) is 0 Å². The van der Waals surface area contributed by atoms with Crippen LogP contribution in [0.2, 0.25) is 6.04 Å². The van der Waals surface area contributed by atoms with Crippen molar-refractivity contribution in [3.63, 3.8) is 0 Å². The highest BCUT2D eigenvalue weighted by Gasteiger charge is 2.35. The van der Waals surface area contributed by atoms with Crippen LogP contribution in [0, 0.1) is 5.41 Å². The van der Waals surface area contributed by atoms with Crippen molar-refractivity contribution < 1.29 is 28.7 Å². The lowest BCUT2D eigenvalue weighted by Crippen LogP contribution is -2.31. The number of carboxylic acid groups (broad SMARTS) is 2. The van der Waals surface area contributed by atoms with Gasteiger partial charge in [0.05, 0.1) is 11.8 Å². The van der Waals surface area contributed by atoms with Gasteiger partial charge in [0, 0.05) is 14.2 Å². The molecular formula is C10H20O6Si. The first-order chi connectivity index (χ1) is 7.85. The lowest BCUT2D eigenvalue weighted by Gasteiger charge is -2.23. The highest BCUT2D eigenvalue weighted by Crippen LogP contribution is 2.29. The predicted octanol–water partition coefficient (Wildman–Crippen LogP) is 0.845. The fraction of sp³-hybridized carbons (Fsp3) is 0.800. The second-order valence-electron chi connectivity index (χ2n) is 4.23. The van der Waals surface area contributed by atoms with Gasteiger partial charge in [0.25, 0.3) is 0 Å². The molecule has 0 rings (SSSR count). The molecule has 0 aromatic heterocycles. The quantitative estimate of drug-likeness (QED) is 0.600. The number of rotatable bonds is 9. The van der Waals surface area contributed by atoms with E-state index in [4.69, 9.17) is 19.1 Å². The molecule has 0 amide bonds. The van der Waals surface area contributed by atoms with Crippen LogP contribution in [-0.4, -0.2) is 45.7 Å². The third kappa shape index (κ3) is 5.80. The fourth-order valence-corrected chi connectivity index (χ4v) is 2.80. The van der Waals surface area contributed by atoms with Crippen molar-refractivity contribution >= 4 is 21.2 Å². The van der Waals surface area contributed by atoms with E-state index < -0.39 is 26.6 Å². The number of carbonyl (C=O) groups is 2. The molecule has 6 nitrogen and oxygen atoms in total.